The first kappa shape index (κ1) is 15.2. The Bertz CT molecular complexity index is 612. The first-order valence-corrected chi connectivity index (χ1v) is 8.51. The van der Waals surface area contributed by atoms with E-state index in [0.717, 1.165) is 17.0 Å². The Morgan fingerprint density at radius 1 is 1.36 bits per heavy atom. The van der Waals surface area contributed by atoms with Crippen molar-refractivity contribution >= 4 is 23.6 Å². The lowest BCUT2D eigenvalue weighted by Gasteiger charge is -2.24. The molecule has 0 aromatic heterocycles. The summed E-state index contributed by atoms with van der Waals surface area (Å²) in [5.41, 5.74) is 1.81. The second-order valence-corrected chi connectivity index (χ2v) is 6.59. The molecule has 5 heteroatoms. The summed E-state index contributed by atoms with van der Waals surface area (Å²) < 4.78 is 5.13. The van der Waals surface area contributed by atoms with E-state index in [0.29, 0.717) is 31.6 Å². The molecule has 0 aliphatic carbocycles. The number of fused-ring (bicyclic) bond motifs is 1. The van der Waals surface area contributed by atoms with Crippen LogP contribution in [0.15, 0.2) is 40.9 Å². The molecule has 0 saturated carbocycles. The van der Waals surface area contributed by atoms with Gasteiger partial charge in [-0.25, -0.2) is 4.79 Å². The van der Waals surface area contributed by atoms with Crippen LogP contribution >= 0.6 is 11.8 Å². The van der Waals surface area contributed by atoms with Crippen LogP contribution in [0, 0.1) is 0 Å². The van der Waals surface area contributed by atoms with Gasteiger partial charge in [0.1, 0.15) is 0 Å². The largest absolute Gasteiger partial charge is 0.463 e. The molecule has 2 heterocycles. The van der Waals surface area contributed by atoms with Crippen molar-refractivity contribution in [1.29, 1.82) is 0 Å². The van der Waals surface area contributed by atoms with Crippen LogP contribution in [0.3, 0.4) is 0 Å². The third kappa shape index (κ3) is 2.90. The number of rotatable bonds is 4. The van der Waals surface area contributed by atoms with E-state index in [4.69, 9.17) is 4.74 Å². The molecule has 1 saturated heterocycles. The first-order chi connectivity index (χ1) is 10.7. The molecule has 1 aromatic rings. The number of carbonyl (C=O) groups is 2. The number of ether oxygens (including phenoxy) is 1. The minimum absolute atomic E-state index is 0.116. The van der Waals surface area contributed by atoms with Crippen molar-refractivity contribution in [2.45, 2.75) is 31.4 Å². The lowest BCUT2D eigenvalue weighted by atomic mass is 10.1. The second-order valence-electron chi connectivity index (χ2n) is 5.39. The fourth-order valence-electron chi connectivity index (χ4n) is 2.85. The molecule has 22 heavy (non-hydrogen) atoms. The Labute approximate surface area is 134 Å². The van der Waals surface area contributed by atoms with Gasteiger partial charge in [0, 0.05) is 6.54 Å². The summed E-state index contributed by atoms with van der Waals surface area (Å²) in [6, 6.07) is 10.0. The Morgan fingerprint density at radius 3 is 2.86 bits per heavy atom. The molecule has 1 fully saturated rings. The molecule has 1 amide bonds. The summed E-state index contributed by atoms with van der Waals surface area (Å²) in [5.74, 6) is -0.159. The molecule has 0 N–H and O–H groups in total. The molecule has 0 bridgehead atoms. The number of amides is 1. The van der Waals surface area contributed by atoms with Gasteiger partial charge < -0.3 is 9.64 Å². The molecular formula is C17H19NO3S. The minimum atomic E-state index is -0.275. The predicted molar refractivity (Wildman–Crippen MR) is 86.1 cm³/mol. The van der Waals surface area contributed by atoms with Gasteiger partial charge in [-0.05, 0) is 31.7 Å². The van der Waals surface area contributed by atoms with Crippen LogP contribution in [0.2, 0.25) is 0 Å². The number of thioether (sulfide) groups is 1. The van der Waals surface area contributed by atoms with E-state index in [1.807, 2.05) is 30.3 Å². The Morgan fingerprint density at radius 2 is 2.14 bits per heavy atom. The fourth-order valence-corrected chi connectivity index (χ4v) is 4.26. The van der Waals surface area contributed by atoms with Crippen molar-refractivity contribution in [1.82, 2.24) is 4.90 Å². The van der Waals surface area contributed by atoms with Gasteiger partial charge in [0.2, 0.25) is 5.91 Å². The van der Waals surface area contributed by atoms with E-state index in [9.17, 15) is 9.59 Å². The van der Waals surface area contributed by atoms with E-state index in [1.165, 1.54) is 11.8 Å². The molecule has 1 aromatic carbocycles. The van der Waals surface area contributed by atoms with E-state index in [1.54, 1.807) is 11.8 Å². The first-order valence-electron chi connectivity index (χ1n) is 7.63. The van der Waals surface area contributed by atoms with Crippen LogP contribution in [0.1, 0.15) is 25.3 Å². The number of carbonyl (C=O) groups excluding carboxylic acids is 2. The van der Waals surface area contributed by atoms with Gasteiger partial charge >= 0.3 is 5.97 Å². The Balaban J connectivity index is 1.82. The van der Waals surface area contributed by atoms with E-state index >= 15 is 0 Å². The SMILES string of the molecule is CCOC(=O)C1=C2SC(Cc3ccccc3)C(=O)N2CCC1. The highest BCUT2D eigenvalue weighted by atomic mass is 32.2. The lowest BCUT2D eigenvalue weighted by molar-refractivity contribution is -0.139. The van der Waals surface area contributed by atoms with Crippen molar-refractivity contribution in [3.63, 3.8) is 0 Å². The topological polar surface area (TPSA) is 46.6 Å². The molecule has 3 rings (SSSR count). The third-order valence-corrected chi connectivity index (χ3v) is 5.24. The molecule has 2 aliphatic heterocycles. The standard InChI is InChI=1S/C17H19NO3S/c1-2-21-17(20)13-9-6-10-18-15(19)14(22-16(13)18)11-12-7-4-3-5-8-12/h3-5,7-8,14H,2,6,9-11H2,1H3. The summed E-state index contributed by atoms with van der Waals surface area (Å²) in [4.78, 5) is 26.4. The normalized spacial score (nSPS) is 21.0. The van der Waals surface area contributed by atoms with Gasteiger partial charge in [-0.2, -0.15) is 0 Å². The Kier molecular flexibility index (Phi) is 4.52. The average Bonchev–Trinajstić information content (AvgIpc) is 2.85. The number of hydrogen-bond donors (Lipinski definition) is 0. The summed E-state index contributed by atoms with van der Waals surface area (Å²) in [7, 11) is 0. The average molecular weight is 317 g/mol. The zero-order valence-corrected chi connectivity index (χ0v) is 13.4. The van der Waals surface area contributed by atoms with Crippen LogP contribution in [-0.4, -0.2) is 35.2 Å². The number of benzene rings is 1. The maximum atomic E-state index is 12.6. The van der Waals surface area contributed by atoms with Crippen molar-refractivity contribution < 1.29 is 14.3 Å². The highest BCUT2D eigenvalue weighted by Gasteiger charge is 2.41. The summed E-state index contributed by atoms with van der Waals surface area (Å²) in [6.07, 6.45) is 2.21. The van der Waals surface area contributed by atoms with Gasteiger partial charge in [-0.3, -0.25) is 4.79 Å². The highest BCUT2D eigenvalue weighted by Crippen LogP contribution is 2.42. The number of nitrogens with zero attached hydrogens (tertiary/aromatic N) is 1. The lowest BCUT2D eigenvalue weighted by Crippen LogP contribution is -2.33. The zero-order chi connectivity index (χ0) is 15.5. The van der Waals surface area contributed by atoms with Crippen LogP contribution < -0.4 is 0 Å². The van der Waals surface area contributed by atoms with E-state index in [-0.39, 0.29) is 17.1 Å². The number of hydrogen-bond acceptors (Lipinski definition) is 4. The molecule has 116 valence electrons. The smallest absolute Gasteiger partial charge is 0.336 e. The van der Waals surface area contributed by atoms with Crippen LogP contribution in [0.5, 0.6) is 0 Å². The van der Waals surface area contributed by atoms with Crippen molar-refractivity contribution in [2.24, 2.45) is 0 Å². The molecule has 0 spiro atoms. The van der Waals surface area contributed by atoms with E-state index in [2.05, 4.69) is 0 Å². The maximum Gasteiger partial charge on any atom is 0.336 e. The van der Waals surface area contributed by atoms with Gasteiger partial charge in [-0.1, -0.05) is 42.1 Å². The molecular weight excluding hydrogens is 298 g/mol. The van der Waals surface area contributed by atoms with Crippen molar-refractivity contribution in [3.8, 4) is 0 Å². The van der Waals surface area contributed by atoms with E-state index < -0.39 is 0 Å². The quantitative estimate of drug-likeness (QED) is 0.801. The maximum absolute atomic E-state index is 12.6. The van der Waals surface area contributed by atoms with Crippen LogP contribution in [0.25, 0.3) is 0 Å². The number of esters is 1. The fraction of sp³-hybridized carbons (Fsp3) is 0.412. The molecule has 0 radical (unpaired) electrons. The highest BCUT2D eigenvalue weighted by molar-refractivity contribution is 8.04. The molecule has 1 atom stereocenters. The zero-order valence-electron chi connectivity index (χ0n) is 12.6. The van der Waals surface area contributed by atoms with Crippen LogP contribution in [0.4, 0.5) is 0 Å². The van der Waals surface area contributed by atoms with Gasteiger partial charge in [0.15, 0.2) is 0 Å². The summed E-state index contributed by atoms with van der Waals surface area (Å²) in [5, 5.41) is 0.676. The summed E-state index contributed by atoms with van der Waals surface area (Å²) >= 11 is 1.52. The monoisotopic (exact) mass is 317 g/mol. The van der Waals surface area contributed by atoms with Gasteiger partial charge in [0.25, 0.3) is 0 Å². The predicted octanol–water partition coefficient (Wildman–Crippen LogP) is 2.74. The minimum Gasteiger partial charge on any atom is -0.463 e. The van der Waals surface area contributed by atoms with Crippen LogP contribution in [-0.2, 0) is 20.7 Å². The van der Waals surface area contributed by atoms with Gasteiger partial charge in [-0.15, -0.1) is 0 Å². The molecule has 2 aliphatic rings. The third-order valence-electron chi connectivity index (χ3n) is 3.89. The summed E-state index contributed by atoms with van der Waals surface area (Å²) in [6.45, 7) is 2.87. The van der Waals surface area contributed by atoms with Gasteiger partial charge in [0.05, 0.1) is 22.5 Å². The Hall–Kier alpha value is -1.75. The molecule has 1 unspecified atom stereocenters. The molecule has 4 nitrogen and oxygen atoms in total. The van der Waals surface area contributed by atoms with Crippen molar-refractivity contribution in [3.05, 3.63) is 46.5 Å². The second kappa shape index (κ2) is 6.57. The van der Waals surface area contributed by atoms with Crippen molar-refractivity contribution in [2.75, 3.05) is 13.2 Å².